The smallest absolute Gasteiger partial charge is 0.167 e. The standard InChI is InChI=1S/C20H21NO3/c1-13-5-2-3-8-18(13)20(24)16-9-15(11-21-12-16)19(23)14-6-4-7-17(22)10-14/h2-8,10,15-16,21-22H,9,11-12H2,1H3. The second kappa shape index (κ2) is 6.97. The Kier molecular flexibility index (Phi) is 4.76. The molecule has 2 aromatic rings. The largest absolute Gasteiger partial charge is 0.508 e. The van der Waals surface area contributed by atoms with Crippen LogP contribution in [-0.4, -0.2) is 29.8 Å². The Morgan fingerprint density at radius 2 is 1.71 bits per heavy atom. The lowest BCUT2D eigenvalue weighted by atomic mass is 9.81. The molecule has 1 heterocycles. The summed E-state index contributed by atoms with van der Waals surface area (Å²) in [5.41, 5.74) is 2.18. The van der Waals surface area contributed by atoms with E-state index in [1.165, 1.54) is 6.07 Å². The van der Waals surface area contributed by atoms with Gasteiger partial charge in [0.15, 0.2) is 11.6 Å². The van der Waals surface area contributed by atoms with Gasteiger partial charge in [0.05, 0.1) is 0 Å². The van der Waals surface area contributed by atoms with Crippen LogP contribution in [0.3, 0.4) is 0 Å². The number of phenolic OH excluding ortho intramolecular Hbond substituents is 1. The van der Waals surface area contributed by atoms with E-state index in [2.05, 4.69) is 5.32 Å². The maximum atomic E-state index is 12.8. The van der Waals surface area contributed by atoms with E-state index in [0.717, 1.165) is 11.1 Å². The van der Waals surface area contributed by atoms with Gasteiger partial charge in [-0.3, -0.25) is 9.59 Å². The maximum Gasteiger partial charge on any atom is 0.167 e. The molecule has 0 aliphatic carbocycles. The number of ketones is 2. The number of phenols is 1. The molecule has 124 valence electrons. The zero-order chi connectivity index (χ0) is 17.1. The van der Waals surface area contributed by atoms with Crippen molar-refractivity contribution in [3.63, 3.8) is 0 Å². The van der Waals surface area contributed by atoms with Crippen LogP contribution in [0.15, 0.2) is 48.5 Å². The van der Waals surface area contributed by atoms with Gasteiger partial charge in [-0.05, 0) is 31.0 Å². The molecule has 0 aromatic heterocycles. The van der Waals surface area contributed by atoms with Crippen LogP contribution in [0, 0.1) is 18.8 Å². The predicted molar refractivity (Wildman–Crippen MR) is 92.4 cm³/mol. The Hall–Kier alpha value is -2.46. The van der Waals surface area contributed by atoms with Gasteiger partial charge in [0.1, 0.15) is 5.75 Å². The number of carbonyl (C=O) groups excluding carboxylic acids is 2. The topological polar surface area (TPSA) is 66.4 Å². The summed E-state index contributed by atoms with van der Waals surface area (Å²) in [5.74, 6) is -0.309. The van der Waals surface area contributed by atoms with E-state index in [0.29, 0.717) is 25.1 Å². The van der Waals surface area contributed by atoms with Crippen molar-refractivity contribution in [2.45, 2.75) is 13.3 Å². The van der Waals surface area contributed by atoms with Gasteiger partial charge in [-0.1, -0.05) is 36.4 Å². The van der Waals surface area contributed by atoms with Crippen molar-refractivity contribution in [3.05, 3.63) is 65.2 Å². The molecule has 0 saturated carbocycles. The van der Waals surface area contributed by atoms with Gasteiger partial charge >= 0.3 is 0 Å². The fourth-order valence-corrected chi connectivity index (χ4v) is 3.31. The third-order valence-corrected chi connectivity index (χ3v) is 4.63. The van der Waals surface area contributed by atoms with E-state index in [4.69, 9.17) is 0 Å². The van der Waals surface area contributed by atoms with Crippen LogP contribution in [0.1, 0.15) is 32.7 Å². The summed E-state index contributed by atoms with van der Waals surface area (Å²) < 4.78 is 0. The molecular formula is C20H21NO3. The summed E-state index contributed by atoms with van der Waals surface area (Å²) in [6, 6.07) is 13.9. The third kappa shape index (κ3) is 3.39. The van der Waals surface area contributed by atoms with Crippen LogP contribution in [0.5, 0.6) is 5.75 Å². The van der Waals surface area contributed by atoms with Gasteiger partial charge in [-0.25, -0.2) is 0 Å². The molecule has 0 spiro atoms. The van der Waals surface area contributed by atoms with Gasteiger partial charge < -0.3 is 10.4 Å². The first kappa shape index (κ1) is 16.4. The van der Waals surface area contributed by atoms with Gasteiger partial charge in [-0.15, -0.1) is 0 Å². The summed E-state index contributed by atoms with van der Waals surface area (Å²) in [4.78, 5) is 25.4. The number of carbonyl (C=O) groups is 2. The molecule has 1 saturated heterocycles. The number of hydrogen-bond donors (Lipinski definition) is 2. The number of aryl methyl sites for hydroxylation is 1. The molecule has 3 rings (SSSR count). The highest BCUT2D eigenvalue weighted by atomic mass is 16.3. The second-order valence-corrected chi connectivity index (χ2v) is 6.38. The lowest BCUT2D eigenvalue weighted by Gasteiger charge is -2.28. The minimum absolute atomic E-state index is 0.0271. The lowest BCUT2D eigenvalue weighted by molar-refractivity contribution is 0.0810. The molecule has 2 unspecified atom stereocenters. The van der Waals surface area contributed by atoms with Crippen molar-refractivity contribution >= 4 is 11.6 Å². The normalized spacial score (nSPS) is 20.5. The molecule has 0 radical (unpaired) electrons. The third-order valence-electron chi connectivity index (χ3n) is 4.63. The highest BCUT2D eigenvalue weighted by Gasteiger charge is 2.32. The minimum atomic E-state index is -0.251. The van der Waals surface area contributed by atoms with Crippen molar-refractivity contribution in [2.75, 3.05) is 13.1 Å². The van der Waals surface area contributed by atoms with E-state index >= 15 is 0 Å². The Morgan fingerprint density at radius 3 is 2.42 bits per heavy atom. The SMILES string of the molecule is Cc1ccccc1C(=O)C1CNCC(C(=O)c2cccc(O)c2)C1. The number of piperidine rings is 1. The molecule has 2 atom stereocenters. The summed E-state index contributed by atoms with van der Waals surface area (Å²) in [6.45, 7) is 3.09. The van der Waals surface area contributed by atoms with Crippen LogP contribution < -0.4 is 5.32 Å². The van der Waals surface area contributed by atoms with Crippen LogP contribution >= 0.6 is 0 Å². The quantitative estimate of drug-likeness (QED) is 0.849. The average Bonchev–Trinajstić information content (AvgIpc) is 2.61. The molecule has 24 heavy (non-hydrogen) atoms. The van der Waals surface area contributed by atoms with E-state index in [9.17, 15) is 14.7 Å². The molecule has 4 heteroatoms. The summed E-state index contributed by atoms with van der Waals surface area (Å²) in [6.07, 6.45) is 0.536. The van der Waals surface area contributed by atoms with E-state index in [1.54, 1.807) is 18.2 Å². The van der Waals surface area contributed by atoms with Crippen molar-refractivity contribution in [1.29, 1.82) is 0 Å². The Balaban J connectivity index is 1.76. The highest BCUT2D eigenvalue weighted by Crippen LogP contribution is 2.25. The van der Waals surface area contributed by atoms with Crippen molar-refractivity contribution in [1.82, 2.24) is 5.32 Å². The van der Waals surface area contributed by atoms with Crippen LogP contribution in [-0.2, 0) is 0 Å². The fraction of sp³-hybridized carbons (Fsp3) is 0.300. The fourth-order valence-electron chi connectivity index (χ4n) is 3.31. The molecule has 0 amide bonds. The Labute approximate surface area is 141 Å². The average molecular weight is 323 g/mol. The molecule has 1 aliphatic rings. The van der Waals surface area contributed by atoms with Crippen LogP contribution in [0.2, 0.25) is 0 Å². The molecule has 0 bridgehead atoms. The van der Waals surface area contributed by atoms with Gasteiger partial charge in [0, 0.05) is 36.1 Å². The molecule has 1 fully saturated rings. The van der Waals surface area contributed by atoms with Gasteiger partial charge in [-0.2, -0.15) is 0 Å². The molecule has 4 nitrogen and oxygen atoms in total. The van der Waals surface area contributed by atoms with Crippen molar-refractivity contribution in [2.24, 2.45) is 11.8 Å². The first-order chi connectivity index (χ1) is 11.6. The summed E-state index contributed by atoms with van der Waals surface area (Å²) in [7, 11) is 0. The predicted octanol–water partition coefficient (Wildman–Crippen LogP) is 2.99. The summed E-state index contributed by atoms with van der Waals surface area (Å²) in [5, 5.41) is 12.8. The van der Waals surface area contributed by atoms with E-state index in [-0.39, 0.29) is 29.2 Å². The van der Waals surface area contributed by atoms with Crippen molar-refractivity contribution in [3.8, 4) is 5.75 Å². The van der Waals surface area contributed by atoms with Crippen molar-refractivity contribution < 1.29 is 14.7 Å². The number of Topliss-reactive ketones (excluding diaryl/α,β-unsaturated/α-hetero) is 2. The summed E-state index contributed by atoms with van der Waals surface area (Å²) >= 11 is 0. The zero-order valence-corrected chi connectivity index (χ0v) is 13.7. The molecule has 2 aromatic carbocycles. The number of nitrogens with one attached hydrogen (secondary N) is 1. The number of hydrogen-bond acceptors (Lipinski definition) is 4. The van der Waals surface area contributed by atoms with Gasteiger partial charge in [0.2, 0.25) is 0 Å². The molecule has 1 aliphatic heterocycles. The van der Waals surface area contributed by atoms with Crippen LogP contribution in [0.4, 0.5) is 0 Å². The zero-order valence-electron chi connectivity index (χ0n) is 13.7. The first-order valence-electron chi connectivity index (χ1n) is 8.20. The van der Waals surface area contributed by atoms with E-state index in [1.807, 2.05) is 31.2 Å². The molecule has 2 N–H and O–H groups in total. The molecular weight excluding hydrogens is 302 g/mol. The van der Waals surface area contributed by atoms with E-state index < -0.39 is 0 Å². The number of aromatic hydroxyl groups is 1. The van der Waals surface area contributed by atoms with Gasteiger partial charge in [0.25, 0.3) is 0 Å². The lowest BCUT2D eigenvalue weighted by Crippen LogP contribution is -2.42. The second-order valence-electron chi connectivity index (χ2n) is 6.38. The number of benzene rings is 2. The highest BCUT2D eigenvalue weighted by molar-refractivity contribution is 6.01. The monoisotopic (exact) mass is 323 g/mol. The maximum absolute atomic E-state index is 12.8. The van der Waals surface area contributed by atoms with Crippen LogP contribution in [0.25, 0.3) is 0 Å². The Morgan fingerprint density at radius 1 is 1.00 bits per heavy atom. The Bertz CT molecular complexity index is 769. The minimum Gasteiger partial charge on any atom is -0.508 e. The number of rotatable bonds is 4. The first-order valence-corrected chi connectivity index (χ1v) is 8.20.